The van der Waals surface area contributed by atoms with Gasteiger partial charge in [0.15, 0.2) is 0 Å². The van der Waals surface area contributed by atoms with E-state index in [-0.39, 0.29) is 11.4 Å². The van der Waals surface area contributed by atoms with Crippen LogP contribution in [0.1, 0.15) is 20.3 Å². The number of rotatable bonds is 6. The van der Waals surface area contributed by atoms with E-state index in [1.807, 2.05) is 0 Å². The van der Waals surface area contributed by atoms with Crippen molar-refractivity contribution in [2.75, 3.05) is 0 Å². The van der Waals surface area contributed by atoms with Crippen molar-refractivity contribution in [2.45, 2.75) is 26.4 Å². The molecule has 0 bridgehead atoms. The molecule has 0 aromatic rings. The van der Waals surface area contributed by atoms with E-state index in [9.17, 15) is 13.2 Å². The first-order valence-electron chi connectivity index (χ1n) is 5.57. The number of aliphatic imine (C=N–C) groups is 2. The zero-order chi connectivity index (χ0) is 15.1. The van der Waals surface area contributed by atoms with Crippen molar-refractivity contribution < 1.29 is 13.2 Å². The van der Waals surface area contributed by atoms with Gasteiger partial charge < -0.3 is 0 Å². The highest BCUT2D eigenvalue weighted by Gasteiger charge is 2.29. The van der Waals surface area contributed by atoms with Crippen LogP contribution in [-0.4, -0.2) is 18.1 Å². The Labute approximate surface area is 111 Å². The van der Waals surface area contributed by atoms with Gasteiger partial charge in [0.25, 0.3) is 0 Å². The van der Waals surface area contributed by atoms with E-state index in [0.29, 0.717) is 12.0 Å². The summed E-state index contributed by atoms with van der Waals surface area (Å²) in [4.78, 5) is 7.76. The molecule has 0 spiro atoms. The van der Waals surface area contributed by atoms with Gasteiger partial charge in [-0.05, 0) is 19.4 Å². The highest BCUT2D eigenvalue weighted by atomic mass is 19.4. The molecular formula is C14H17F3N2. The quantitative estimate of drug-likeness (QED) is 0.496. The second kappa shape index (κ2) is 7.51. The molecule has 0 saturated heterocycles. The van der Waals surface area contributed by atoms with Gasteiger partial charge in [-0.1, -0.05) is 26.7 Å². The van der Waals surface area contributed by atoms with E-state index in [0.717, 1.165) is 13.0 Å². The van der Waals surface area contributed by atoms with Crippen LogP contribution in [0.25, 0.3) is 0 Å². The minimum atomic E-state index is -4.35. The molecule has 0 N–H and O–H groups in total. The number of allylic oxidation sites excluding steroid dienone is 3. The summed E-state index contributed by atoms with van der Waals surface area (Å²) in [7, 11) is 0. The first kappa shape index (κ1) is 17.1. The van der Waals surface area contributed by atoms with Gasteiger partial charge in [-0.2, -0.15) is 13.2 Å². The van der Waals surface area contributed by atoms with Crippen LogP contribution in [-0.2, 0) is 0 Å². The average molecular weight is 270 g/mol. The zero-order valence-corrected chi connectivity index (χ0v) is 11.1. The summed E-state index contributed by atoms with van der Waals surface area (Å²) in [5, 5.41) is 0. The van der Waals surface area contributed by atoms with Crippen LogP contribution in [0.3, 0.4) is 0 Å². The van der Waals surface area contributed by atoms with Gasteiger partial charge in [0.1, 0.15) is 0 Å². The molecule has 0 atom stereocenters. The fourth-order valence-corrected chi connectivity index (χ4v) is 1.01. The van der Waals surface area contributed by atoms with Crippen molar-refractivity contribution in [1.29, 1.82) is 0 Å². The summed E-state index contributed by atoms with van der Waals surface area (Å²) in [6.07, 6.45) is -0.275. The predicted molar refractivity (Wildman–Crippen MR) is 74.5 cm³/mol. The molecule has 0 unspecified atom stereocenters. The van der Waals surface area contributed by atoms with Gasteiger partial charge in [0.2, 0.25) is 0 Å². The van der Waals surface area contributed by atoms with Crippen molar-refractivity contribution in [3.63, 3.8) is 0 Å². The molecule has 0 heterocycles. The fraction of sp³-hybridized carbons (Fsp3) is 0.286. The van der Waals surface area contributed by atoms with Crippen molar-refractivity contribution in [3.05, 3.63) is 48.9 Å². The molecule has 0 rings (SSSR count). The van der Waals surface area contributed by atoms with Crippen LogP contribution in [0.2, 0.25) is 0 Å². The Morgan fingerprint density at radius 3 is 2.26 bits per heavy atom. The molecule has 0 aliphatic carbocycles. The summed E-state index contributed by atoms with van der Waals surface area (Å²) >= 11 is 0. The van der Waals surface area contributed by atoms with Gasteiger partial charge in [0.05, 0.1) is 5.70 Å². The summed E-state index contributed by atoms with van der Waals surface area (Å²) in [6.45, 7) is 13.4. The van der Waals surface area contributed by atoms with Gasteiger partial charge in [-0.15, -0.1) is 0 Å². The largest absolute Gasteiger partial charge is 0.412 e. The lowest BCUT2D eigenvalue weighted by atomic mass is 10.1. The smallest absolute Gasteiger partial charge is 0.265 e. The maximum Gasteiger partial charge on any atom is 0.412 e. The van der Waals surface area contributed by atoms with Crippen molar-refractivity contribution in [1.82, 2.24) is 0 Å². The first-order valence-corrected chi connectivity index (χ1v) is 5.57. The van der Waals surface area contributed by atoms with E-state index >= 15 is 0 Å². The monoisotopic (exact) mass is 270 g/mol. The number of nitrogens with zero attached hydrogens (tertiary/aromatic N) is 2. The summed E-state index contributed by atoms with van der Waals surface area (Å²) in [5.74, 6) is 0. The maximum atomic E-state index is 12.4. The Kier molecular flexibility index (Phi) is 6.75. The van der Waals surface area contributed by atoms with Gasteiger partial charge >= 0.3 is 6.18 Å². The number of hydrogen-bond acceptors (Lipinski definition) is 2. The Balaban J connectivity index is 5.12. The molecule has 0 amide bonds. The van der Waals surface area contributed by atoms with Crippen LogP contribution >= 0.6 is 0 Å². The second-order valence-corrected chi connectivity index (χ2v) is 3.71. The molecule has 0 aromatic carbocycles. The average Bonchev–Trinajstić information content (AvgIpc) is 2.33. The van der Waals surface area contributed by atoms with Gasteiger partial charge in [0, 0.05) is 29.3 Å². The van der Waals surface area contributed by atoms with E-state index < -0.39 is 11.7 Å². The molecule has 5 heteroatoms. The Morgan fingerprint density at radius 2 is 1.84 bits per heavy atom. The van der Waals surface area contributed by atoms with Crippen molar-refractivity contribution >= 4 is 11.9 Å². The lowest BCUT2D eigenvalue weighted by molar-refractivity contribution is -0.0912. The third-order valence-electron chi connectivity index (χ3n) is 2.18. The minimum Gasteiger partial charge on any atom is -0.265 e. The van der Waals surface area contributed by atoms with E-state index in [2.05, 4.69) is 29.7 Å². The number of alkyl halides is 3. The van der Waals surface area contributed by atoms with Crippen LogP contribution in [0, 0.1) is 0 Å². The summed E-state index contributed by atoms with van der Waals surface area (Å²) < 4.78 is 37.2. The molecule has 0 fully saturated rings. The number of halogens is 3. The Hall–Kier alpha value is -1.91. The van der Waals surface area contributed by atoms with Crippen molar-refractivity contribution in [3.8, 4) is 0 Å². The highest BCUT2D eigenvalue weighted by Crippen LogP contribution is 2.25. The summed E-state index contributed by atoms with van der Waals surface area (Å²) in [5.41, 5.74) is 0.275. The van der Waals surface area contributed by atoms with E-state index in [4.69, 9.17) is 0 Å². The van der Waals surface area contributed by atoms with E-state index in [1.165, 1.54) is 12.4 Å². The Bertz CT molecular complexity index is 452. The molecule has 0 aromatic heterocycles. The third kappa shape index (κ3) is 6.55. The standard InChI is InChI=1S/C14H17F3N2/c1-6-13(8-11(4)14(15,16)17)19-12(5)10(3)9-18-7-2/h7-9H,2-3,5-6H2,1,4H3/b11-8+,18-9?,19-13?. The molecule has 0 aliphatic heterocycles. The first-order chi connectivity index (χ1) is 8.72. The zero-order valence-electron chi connectivity index (χ0n) is 11.1. The van der Waals surface area contributed by atoms with Gasteiger partial charge in [-0.3, -0.25) is 9.98 Å². The molecule has 2 nitrogen and oxygen atoms in total. The molecular weight excluding hydrogens is 253 g/mol. The molecule has 0 saturated carbocycles. The molecule has 0 aliphatic rings. The third-order valence-corrected chi connectivity index (χ3v) is 2.18. The normalized spacial score (nSPS) is 13.7. The van der Waals surface area contributed by atoms with Crippen molar-refractivity contribution in [2.24, 2.45) is 9.98 Å². The molecule has 104 valence electrons. The second-order valence-electron chi connectivity index (χ2n) is 3.71. The molecule has 19 heavy (non-hydrogen) atoms. The van der Waals surface area contributed by atoms with Crippen LogP contribution < -0.4 is 0 Å². The van der Waals surface area contributed by atoms with Crippen LogP contribution in [0.5, 0.6) is 0 Å². The minimum absolute atomic E-state index is 0.272. The van der Waals surface area contributed by atoms with Crippen LogP contribution in [0.15, 0.2) is 58.8 Å². The predicted octanol–water partition coefficient (Wildman–Crippen LogP) is 4.63. The summed E-state index contributed by atoms with van der Waals surface area (Å²) in [6, 6.07) is 0. The Morgan fingerprint density at radius 1 is 1.26 bits per heavy atom. The lowest BCUT2D eigenvalue weighted by Crippen LogP contribution is -2.10. The number of hydrogen-bond donors (Lipinski definition) is 0. The maximum absolute atomic E-state index is 12.4. The van der Waals surface area contributed by atoms with E-state index in [1.54, 1.807) is 6.92 Å². The topological polar surface area (TPSA) is 24.7 Å². The lowest BCUT2D eigenvalue weighted by Gasteiger charge is -2.07. The molecule has 0 radical (unpaired) electrons. The SMILES string of the molecule is C=CN=CC(=C)C(=C)N=C(/C=C(\C)C(F)(F)F)CC. The van der Waals surface area contributed by atoms with Crippen LogP contribution in [0.4, 0.5) is 13.2 Å². The van der Waals surface area contributed by atoms with Gasteiger partial charge in [-0.25, -0.2) is 0 Å². The highest BCUT2D eigenvalue weighted by molar-refractivity contribution is 5.97. The fourth-order valence-electron chi connectivity index (χ4n) is 1.01.